The van der Waals surface area contributed by atoms with Crippen LogP contribution in [0.2, 0.25) is 0 Å². The topological polar surface area (TPSA) is 156 Å². The smallest absolute Gasteiger partial charge is 0.325 e. The van der Waals surface area contributed by atoms with Gasteiger partial charge in [-0.2, -0.15) is 0 Å². The first-order chi connectivity index (χ1) is 11.8. The highest BCUT2D eigenvalue weighted by Crippen LogP contribution is 2.25. The van der Waals surface area contributed by atoms with Crippen LogP contribution in [0.5, 0.6) is 5.75 Å². The van der Waals surface area contributed by atoms with Gasteiger partial charge in [-0.25, -0.2) is 0 Å². The highest BCUT2D eigenvalue weighted by Gasteiger charge is 2.20. The molecular formula is C15H11N3O7. The van der Waals surface area contributed by atoms with Crippen LogP contribution in [-0.2, 0) is 4.79 Å². The maximum absolute atomic E-state index is 12.4. The summed E-state index contributed by atoms with van der Waals surface area (Å²) >= 11 is 0. The Hall–Kier alpha value is -3.66. The van der Waals surface area contributed by atoms with Gasteiger partial charge >= 0.3 is 5.97 Å². The minimum absolute atomic E-state index is 0.113. The molecule has 0 amide bonds. The van der Waals surface area contributed by atoms with Crippen LogP contribution in [0, 0.1) is 20.2 Å². The van der Waals surface area contributed by atoms with Crippen molar-refractivity contribution in [1.29, 1.82) is 0 Å². The summed E-state index contributed by atoms with van der Waals surface area (Å²) in [7, 11) is 0. The summed E-state index contributed by atoms with van der Waals surface area (Å²) in [5, 5.41) is 21.8. The normalized spacial score (nSPS) is 10.1. The van der Waals surface area contributed by atoms with Crippen LogP contribution in [0.15, 0.2) is 42.5 Å². The number of hydrogen-bond acceptors (Lipinski definition) is 8. The van der Waals surface area contributed by atoms with Gasteiger partial charge in [0.2, 0.25) is 0 Å². The Morgan fingerprint density at radius 2 is 1.44 bits per heavy atom. The summed E-state index contributed by atoms with van der Waals surface area (Å²) in [5.74, 6) is -1.14. The second kappa shape index (κ2) is 7.27. The number of nitrogens with zero attached hydrogens (tertiary/aromatic N) is 2. The number of nitrogens with two attached hydrogens (primary N) is 1. The zero-order valence-electron chi connectivity index (χ0n) is 12.6. The van der Waals surface area contributed by atoms with Gasteiger partial charge in [0.25, 0.3) is 11.4 Å². The van der Waals surface area contributed by atoms with Crippen molar-refractivity contribution in [1.82, 2.24) is 0 Å². The molecule has 0 aliphatic heterocycles. The van der Waals surface area contributed by atoms with Gasteiger partial charge in [-0.05, 0) is 24.3 Å². The van der Waals surface area contributed by atoms with Crippen molar-refractivity contribution in [3.05, 3.63) is 73.8 Å². The molecule has 2 aromatic carbocycles. The van der Waals surface area contributed by atoms with Crippen molar-refractivity contribution in [2.24, 2.45) is 5.73 Å². The molecule has 2 rings (SSSR count). The Balaban J connectivity index is 2.35. The molecule has 0 fully saturated rings. The molecular weight excluding hydrogens is 334 g/mol. The lowest BCUT2D eigenvalue weighted by atomic mass is 10.0. The fourth-order valence-electron chi connectivity index (χ4n) is 1.95. The van der Waals surface area contributed by atoms with E-state index in [-0.39, 0.29) is 23.4 Å². The highest BCUT2D eigenvalue weighted by molar-refractivity contribution is 6.09. The highest BCUT2D eigenvalue weighted by atomic mass is 16.6. The number of ether oxygens (including phenoxy) is 1. The van der Waals surface area contributed by atoms with E-state index in [0.717, 1.165) is 18.2 Å². The van der Waals surface area contributed by atoms with Gasteiger partial charge in [-0.15, -0.1) is 0 Å². The quantitative estimate of drug-likeness (QED) is 0.272. The number of non-ortho nitro benzene ring substituents is 2. The average molecular weight is 345 g/mol. The Bertz CT molecular complexity index is 830. The number of hydrogen-bond donors (Lipinski definition) is 1. The first kappa shape index (κ1) is 17.7. The number of rotatable bonds is 6. The van der Waals surface area contributed by atoms with Gasteiger partial charge in [0.05, 0.1) is 22.5 Å². The number of carbonyl (C=O) groups is 2. The number of esters is 1. The molecule has 2 N–H and O–H groups in total. The molecule has 0 bridgehead atoms. The molecule has 0 aliphatic rings. The zero-order chi connectivity index (χ0) is 18.6. The van der Waals surface area contributed by atoms with Gasteiger partial charge in [-0.3, -0.25) is 29.8 Å². The molecule has 10 nitrogen and oxygen atoms in total. The van der Waals surface area contributed by atoms with Gasteiger partial charge in [0.15, 0.2) is 5.78 Å². The molecule has 0 saturated heterocycles. The number of nitro benzene ring substituents is 2. The maximum Gasteiger partial charge on any atom is 0.325 e. The van der Waals surface area contributed by atoms with Crippen molar-refractivity contribution in [2.45, 2.75) is 0 Å². The molecule has 10 heteroatoms. The Morgan fingerprint density at radius 1 is 0.920 bits per heavy atom. The van der Waals surface area contributed by atoms with E-state index in [1.807, 2.05) is 0 Å². The summed E-state index contributed by atoms with van der Waals surface area (Å²) in [6, 6.07) is 8.01. The monoisotopic (exact) mass is 345 g/mol. The number of ketones is 1. The van der Waals surface area contributed by atoms with E-state index < -0.39 is 33.0 Å². The van der Waals surface area contributed by atoms with E-state index in [1.165, 1.54) is 24.3 Å². The standard InChI is InChI=1S/C15H11N3O7/c16-8-14(19)25-13-3-1-9(2-4-13)15(20)10-5-11(17(21)22)7-12(6-10)18(23)24/h1-7H,8,16H2. The van der Waals surface area contributed by atoms with Crippen LogP contribution < -0.4 is 10.5 Å². The minimum atomic E-state index is -0.820. The number of benzene rings is 2. The fraction of sp³-hybridized carbons (Fsp3) is 0.0667. The van der Waals surface area contributed by atoms with Gasteiger partial charge in [0.1, 0.15) is 5.75 Å². The molecule has 0 unspecified atom stereocenters. The number of nitro groups is 2. The second-order valence-corrected chi connectivity index (χ2v) is 4.78. The number of carbonyl (C=O) groups excluding carboxylic acids is 2. The summed E-state index contributed by atoms with van der Waals surface area (Å²) in [6.07, 6.45) is 0. The first-order valence-corrected chi connectivity index (χ1v) is 6.81. The maximum atomic E-state index is 12.4. The molecule has 0 heterocycles. The third-order valence-electron chi connectivity index (χ3n) is 3.10. The van der Waals surface area contributed by atoms with E-state index in [1.54, 1.807) is 0 Å². The summed E-state index contributed by atoms with van der Waals surface area (Å²) in [5.41, 5.74) is 3.90. The fourth-order valence-corrected chi connectivity index (χ4v) is 1.95. The molecule has 0 saturated carbocycles. The molecule has 0 aromatic heterocycles. The summed E-state index contributed by atoms with van der Waals surface area (Å²) in [6.45, 7) is -0.308. The molecule has 128 valence electrons. The Kier molecular flexibility index (Phi) is 5.15. The molecule has 0 spiro atoms. The third-order valence-corrected chi connectivity index (χ3v) is 3.10. The van der Waals surface area contributed by atoms with E-state index in [4.69, 9.17) is 10.5 Å². The summed E-state index contributed by atoms with van der Waals surface area (Å²) in [4.78, 5) is 43.6. The van der Waals surface area contributed by atoms with Crippen LogP contribution in [0.25, 0.3) is 0 Å². The van der Waals surface area contributed by atoms with Gasteiger partial charge in [0, 0.05) is 23.3 Å². The lowest BCUT2D eigenvalue weighted by Gasteiger charge is -2.05. The van der Waals surface area contributed by atoms with E-state index in [9.17, 15) is 29.8 Å². The largest absolute Gasteiger partial charge is 0.426 e. The zero-order valence-corrected chi connectivity index (χ0v) is 12.6. The lowest BCUT2D eigenvalue weighted by molar-refractivity contribution is -0.394. The summed E-state index contributed by atoms with van der Waals surface area (Å²) < 4.78 is 4.85. The van der Waals surface area contributed by atoms with Crippen LogP contribution in [0.1, 0.15) is 15.9 Å². The Morgan fingerprint density at radius 3 is 1.88 bits per heavy atom. The Labute approximate surface area is 140 Å². The first-order valence-electron chi connectivity index (χ1n) is 6.81. The van der Waals surface area contributed by atoms with Crippen LogP contribution in [-0.4, -0.2) is 28.1 Å². The van der Waals surface area contributed by atoms with Gasteiger partial charge in [-0.1, -0.05) is 0 Å². The van der Waals surface area contributed by atoms with Gasteiger partial charge < -0.3 is 10.5 Å². The predicted octanol–water partition coefficient (Wildman–Crippen LogP) is 1.60. The third kappa shape index (κ3) is 4.20. The lowest BCUT2D eigenvalue weighted by Crippen LogP contribution is -2.19. The molecule has 0 aliphatic carbocycles. The second-order valence-electron chi connectivity index (χ2n) is 4.78. The van der Waals surface area contributed by atoms with E-state index in [0.29, 0.717) is 0 Å². The van der Waals surface area contributed by atoms with Crippen molar-refractivity contribution in [3.63, 3.8) is 0 Å². The van der Waals surface area contributed by atoms with Crippen LogP contribution in [0.3, 0.4) is 0 Å². The van der Waals surface area contributed by atoms with Crippen molar-refractivity contribution >= 4 is 23.1 Å². The molecule has 2 aromatic rings. The van der Waals surface area contributed by atoms with Crippen LogP contribution >= 0.6 is 0 Å². The SMILES string of the molecule is NCC(=O)Oc1ccc(C(=O)c2cc([N+](=O)[O-])cc([N+](=O)[O-])c2)cc1. The van der Waals surface area contributed by atoms with Crippen molar-refractivity contribution < 1.29 is 24.2 Å². The molecule has 0 atom stereocenters. The van der Waals surface area contributed by atoms with Crippen LogP contribution in [0.4, 0.5) is 11.4 Å². The minimum Gasteiger partial charge on any atom is -0.426 e. The van der Waals surface area contributed by atoms with Crippen molar-refractivity contribution in [3.8, 4) is 5.75 Å². The average Bonchev–Trinajstić information content (AvgIpc) is 2.61. The van der Waals surface area contributed by atoms with E-state index in [2.05, 4.69) is 0 Å². The molecule has 25 heavy (non-hydrogen) atoms. The molecule has 0 radical (unpaired) electrons. The van der Waals surface area contributed by atoms with Crippen molar-refractivity contribution in [2.75, 3.05) is 6.54 Å². The van der Waals surface area contributed by atoms with E-state index >= 15 is 0 Å². The predicted molar refractivity (Wildman–Crippen MR) is 84.3 cm³/mol.